The van der Waals surface area contributed by atoms with Crippen LogP contribution in [-0.2, 0) is 22.3 Å². The van der Waals surface area contributed by atoms with Gasteiger partial charge in [0.1, 0.15) is 11.7 Å². The quantitative estimate of drug-likeness (QED) is 0.511. The number of anilines is 1. The Labute approximate surface area is 190 Å². The molecule has 1 fully saturated rings. The van der Waals surface area contributed by atoms with Crippen LogP contribution in [0.1, 0.15) is 44.8 Å². The van der Waals surface area contributed by atoms with Crippen molar-refractivity contribution in [3.8, 4) is 0 Å². The van der Waals surface area contributed by atoms with Crippen molar-refractivity contribution in [2.45, 2.75) is 31.6 Å². The zero-order valence-electron chi connectivity index (χ0n) is 17.5. The zero-order chi connectivity index (χ0) is 24.2. The van der Waals surface area contributed by atoms with Crippen LogP contribution in [0.3, 0.4) is 0 Å². The normalized spacial score (nSPS) is 18.3. The summed E-state index contributed by atoms with van der Waals surface area (Å²) < 4.78 is 38.8. The number of piperidine rings is 1. The van der Waals surface area contributed by atoms with Gasteiger partial charge in [0.05, 0.1) is 5.56 Å². The molecule has 0 bridgehead atoms. The van der Waals surface area contributed by atoms with E-state index in [2.05, 4.69) is 15.6 Å². The number of nitrogens with zero attached hydrogens (tertiary/aromatic N) is 1. The van der Waals surface area contributed by atoms with Gasteiger partial charge in [0.2, 0.25) is 11.8 Å². The number of amides is 4. The lowest BCUT2D eigenvalue weighted by Crippen LogP contribution is -2.52. The number of halogens is 3. The maximum absolute atomic E-state index is 12.9. The number of H-pyrrole nitrogens is 1. The largest absolute Gasteiger partial charge is 0.416 e. The molecule has 3 N–H and O–H groups in total. The molecule has 2 aliphatic rings. The summed E-state index contributed by atoms with van der Waals surface area (Å²) in [6.07, 6.45) is -4.10. The van der Waals surface area contributed by atoms with Crippen LogP contribution in [-0.4, -0.2) is 39.6 Å². The third-order valence-corrected chi connectivity index (χ3v) is 5.97. The Balaban J connectivity index is 1.33. The van der Waals surface area contributed by atoms with E-state index in [0.29, 0.717) is 22.3 Å². The summed E-state index contributed by atoms with van der Waals surface area (Å²) in [4.78, 5) is 53.2. The van der Waals surface area contributed by atoms with Crippen molar-refractivity contribution in [1.29, 1.82) is 0 Å². The van der Waals surface area contributed by atoms with E-state index in [1.807, 2.05) is 0 Å². The number of carbonyl (C=O) groups is 4. The molecule has 1 aromatic heterocycles. The predicted octanol–water partition coefficient (Wildman–Crippen LogP) is 3.20. The number of benzene rings is 2. The molecule has 0 spiro atoms. The van der Waals surface area contributed by atoms with Gasteiger partial charge in [-0.05, 0) is 54.4 Å². The van der Waals surface area contributed by atoms with E-state index in [1.165, 1.54) is 23.1 Å². The van der Waals surface area contributed by atoms with Crippen molar-refractivity contribution in [1.82, 2.24) is 15.2 Å². The molecule has 2 aliphatic heterocycles. The van der Waals surface area contributed by atoms with Gasteiger partial charge in [-0.1, -0.05) is 0 Å². The standard InChI is InChI=1S/C23H17F3N4O4/c24-23(25,26)13-1-4-16-11(7-13)9-17(28-16)20(32)27-14-2-3-15-12(8-14)10-30(22(15)34)18-5-6-19(31)29-21(18)33/h1-4,7-9,18,28H,5-6,10H2,(H,27,32)(H,29,31,33). The highest BCUT2D eigenvalue weighted by Crippen LogP contribution is 2.32. The molecule has 1 unspecified atom stereocenters. The highest BCUT2D eigenvalue weighted by atomic mass is 19.4. The molecular formula is C23H17F3N4O4. The first-order valence-electron chi connectivity index (χ1n) is 10.4. The average molecular weight is 470 g/mol. The molecule has 4 amide bonds. The summed E-state index contributed by atoms with van der Waals surface area (Å²) >= 11 is 0. The molecule has 2 aromatic carbocycles. The number of aromatic amines is 1. The van der Waals surface area contributed by atoms with Crippen molar-refractivity contribution in [3.05, 3.63) is 64.8 Å². The third-order valence-electron chi connectivity index (χ3n) is 5.97. The number of carbonyl (C=O) groups excluding carboxylic acids is 4. The predicted molar refractivity (Wildman–Crippen MR) is 114 cm³/mol. The van der Waals surface area contributed by atoms with E-state index < -0.39 is 29.6 Å². The Morgan fingerprint density at radius 1 is 1.06 bits per heavy atom. The second-order valence-corrected chi connectivity index (χ2v) is 8.21. The van der Waals surface area contributed by atoms with Crippen LogP contribution in [0.15, 0.2) is 42.5 Å². The molecule has 1 atom stereocenters. The minimum absolute atomic E-state index is 0.0797. The summed E-state index contributed by atoms with van der Waals surface area (Å²) in [5, 5.41) is 5.16. The van der Waals surface area contributed by atoms with Gasteiger partial charge in [0.25, 0.3) is 11.8 Å². The molecule has 1 saturated heterocycles. The number of hydrogen-bond acceptors (Lipinski definition) is 4. The Kier molecular flexibility index (Phi) is 4.92. The molecular weight excluding hydrogens is 453 g/mol. The molecule has 3 heterocycles. The van der Waals surface area contributed by atoms with Gasteiger partial charge in [0, 0.05) is 35.1 Å². The molecule has 8 nitrogen and oxygen atoms in total. The van der Waals surface area contributed by atoms with E-state index in [-0.39, 0.29) is 42.3 Å². The van der Waals surface area contributed by atoms with Crippen LogP contribution in [0.5, 0.6) is 0 Å². The monoisotopic (exact) mass is 470 g/mol. The summed E-state index contributed by atoms with van der Waals surface area (Å²) in [5.41, 5.74) is 1.05. The molecule has 34 heavy (non-hydrogen) atoms. The van der Waals surface area contributed by atoms with Gasteiger partial charge < -0.3 is 15.2 Å². The number of imide groups is 1. The van der Waals surface area contributed by atoms with Crippen molar-refractivity contribution in [2.24, 2.45) is 0 Å². The summed E-state index contributed by atoms with van der Waals surface area (Å²) in [5.74, 6) is -1.78. The van der Waals surface area contributed by atoms with Gasteiger partial charge in [-0.15, -0.1) is 0 Å². The second kappa shape index (κ2) is 7.72. The van der Waals surface area contributed by atoms with Crippen LogP contribution in [0.4, 0.5) is 18.9 Å². The van der Waals surface area contributed by atoms with Crippen LogP contribution in [0, 0.1) is 0 Å². The highest BCUT2D eigenvalue weighted by Gasteiger charge is 2.39. The lowest BCUT2D eigenvalue weighted by molar-refractivity contribution is -0.138. The van der Waals surface area contributed by atoms with Crippen LogP contribution >= 0.6 is 0 Å². The summed E-state index contributed by atoms with van der Waals surface area (Å²) in [6.45, 7) is 0.150. The van der Waals surface area contributed by atoms with Crippen molar-refractivity contribution >= 4 is 40.2 Å². The molecule has 11 heteroatoms. The maximum Gasteiger partial charge on any atom is 0.416 e. The second-order valence-electron chi connectivity index (χ2n) is 8.21. The Bertz CT molecular complexity index is 1380. The number of hydrogen-bond donors (Lipinski definition) is 3. The minimum atomic E-state index is -4.49. The minimum Gasteiger partial charge on any atom is -0.351 e. The molecule has 0 saturated carbocycles. The molecule has 3 aromatic rings. The van der Waals surface area contributed by atoms with Gasteiger partial charge >= 0.3 is 6.18 Å². The summed E-state index contributed by atoms with van der Waals surface area (Å²) in [6, 6.07) is 8.44. The first-order valence-corrected chi connectivity index (χ1v) is 10.4. The molecule has 0 radical (unpaired) electrons. The van der Waals surface area contributed by atoms with Crippen molar-refractivity contribution in [2.75, 3.05) is 5.32 Å². The SMILES string of the molecule is O=C1CCC(N2Cc3cc(NC(=O)c4cc5cc(C(F)(F)F)ccc5[nH]4)ccc3C2=O)C(=O)N1. The highest BCUT2D eigenvalue weighted by molar-refractivity contribution is 6.08. The average Bonchev–Trinajstić information content (AvgIpc) is 3.34. The Morgan fingerprint density at radius 3 is 2.59 bits per heavy atom. The van der Waals surface area contributed by atoms with Gasteiger partial charge in [-0.25, -0.2) is 0 Å². The van der Waals surface area contributed by atoms with E-state index in [1.54, 1.807) is 12.1 Å². The zero-order valence-corrected chi connectivity index (χ0v) is 17.5. The van der Waals surface area contributed by atoms with E-state index in [9.17, 15) is 32.3 Å². The van der Waals surface area contributed by atoms with Gasteiger partial charge in [0.15, 0.2) is 0 Å². The van der Waals surface area contributed by atoms with Crippen LogP contribution < -0.4 is 10.6 Å². The van der Waals surface area contributed by atoms with Crippen LogP contribution in [0.25, 0.3) is 10.9 Å². The van der Waals surface area contributed by atoms with E-state index >= 15 is 0 Å². The van der Waals surface area contributed by atoms with Crippen molar-refractivity contribution in [3.63, 3.8) is 0 Å². The van der Waals surface area contributed by atoms with E-state index in [0.717, 1.165) is 12.1 Å². The first-order chi connectivity index (χ1) is 16.1. The van der Waals surface area contributed by atoms with E-state index in [4.69, 9.17) is 0 Å². The first kappa shape index (κ1) is 21.7. The smallest absolute Gasteiger partial charge is 0.351 e. The molecule has 174 valence electrons. The fourth-order valence-electron chi connectivity index (χ4n) is 4.28. The van der Waals surface area contributed by atoms with Crippen LogP contribution in [0.2, 0.25) is 0 Å². The van der Waals surface area contributed by atoms with Gasteiger partial charge in [-0.3, -0.25) is 24.5 Å². The number of alkyl halides is 3. The van der Waals surface area contributed by atoms with Gasteiger partial charge in [-0.2, -0.15) is 13.2 Å². The Hall–Kier alpha value is -4.15. The number of rotatable bonds is 3. The lowest BCUT2D eigenvalue weighted by Gasteiger charge is -2.29. The third kappa shape index (κ3) is 3.78. The number of nitrogens with one attached hydrogen (secondary N) is 3. The Morgan fingerprint density at radius 2 is 1.85 bits per heavy atom. The van der Waals surface area contributed by atoms with Crippen molar-refractivity contribution < 1.29 is 32.3 Å². The number of fused-ring (bicyclic) bond motifs is 2. The molecule has 5 rings (SSSR count). The number of aromatic nitrogens is 1. The maximum atomic E-state index is 12.9. The lowest BCUT2D eigenvalue weighted by atomic mass is 10.0. The fraction of sp³-hybridized carbons (Fsp3) is 0.217. The summed E-state index contributed by atoms with van der Waals surface area (Å²) in [7, 11) is 0. The molecule has 0 aliphatic carbocycles. The topological polar surface area (TPSA) is 111 Å². The fourth-order valence-corrected chi connectivity index (χ4v) is 4.28.